The molecule has 0 amide bonds. The lowest BCUT2D eigenvalue weighted by Crippen LogP contribution is -2.13. The van der Waals surface area contributed by atoms with Crippen molar-refractivity contribution in [3.05, 3.63) is 0 Å². The Labute approximate surface area is 96.0 Å². The SMILES string of the molecule is CC(C)[C@@H](CCCl)SSC(C)(C)C. The summed E-state index contributed by atoms with van der Waals surface area (Å²) in [4.78, 5) is 0. The second-order valence-electron chi connectivity index (χ2n) is 4.55. The third kappa shape index (κ3) is 8.02. The minimum absolute atomic E-state index is 0.351. The van der Waals surface area contributed by atoms with Gasteiger partial charge in [0, 0.05) is 15.9 Å². The molecule has 0 saturated carbocycles. The molecule has 0 N–H and O–H groups in total. The van der Waals surface area contributed by atoms with Crippen molar-refractivity contribution in [2.45, 2.75) is 51.0 Å². The molecule has 0 aliphatic carbocycles. The van der Waals surface area contributed by atoms with Crippen LogP contribution >= 0.6 is 33.2 Å². The molecular weight excluding hydrogens is 220 g/mol. The first kappa shape index (κ1) is 14.0. The lowest BCUT2D eigenvalue weighted by molar-refractivity contribution is 0.598. The van der Waals surface area contributed by atoms with E-state index in [0.717, 1.165) is 18.2 Å². The van der Waals surface area contributed by atoms with Gasteiger partial charge in [-0.05, 0) is 12.3 Å². The van der Waals surface area contributed by atoms with Gasteiger partial charge in [0.25, 0.3) is 0 Å². The number of alkyl halides is 1. The molecule has 13 heavy (non-hydrogen) atoms. The lowest BCUT2D eigenvalue weighted by Gasteiger charge is -2.23. The number of hydrogen-bond acceptors (Lipinski definition) is 2. The maximum atomic E-state index is 5.77. The standard InChI is InChI=1S/C10H21ClS2/c1-8(2)9(6-7-11)12-13-10(3,4)5/h8-9H,6-7H2,1-5H3/t9-/m1/s1. The molecule has 0 saturated heterocycles. The maximum Gasteiger partial charge on any atom is 0.0234 e. The van der Waals surface area contributed by atoms with Crippen LogP contribution in [0.1, 0.15) is 41.0 Å². The fourth-order valence-electron chi connectivity index (χ4n) is 0.806. The second-order valence-corrected chi connectivity index (χ2v) is 8.20. The van der Waals surface area contributed by atoms with Gasteiger partial charge in [-0.1, -0.05) is 56.2 Å². The first-order valence-corrected chi connectivity index (χ1v) is 7.52. The van der Waals surface area contributed by atoms with Crippen LogP contribution < -0.4 is 0 Å². The maximum absolute atomic E-state index is 5.77. The Kier molecular flexibility index (Phi) is 6.96. The number of rotatable bonds is 5. The second kappa shape index (κ2) is 6.47. The van der Waals surface area contributed by atoms with Crippen LogP contribution in [0.5, 0.6) is 0 Å². The number of hydrogen-bond donors (Lipinski definition) is 0. The summed E-state index contributed by atoms with van der Waals surface area (Å²) in [5.41, 5.74) is 0. The molecule has 0 rings (SSSR count). The zero-order valence-electron chi connectivity index (χ0n) is 9.26. The van der Waals surface area contributed by atoms with Crippen molar-refractivity contribution < 1.29 is 0 Å². The molecule has 0 aromatic carbocycles. The van der Waals surface area contributed by atoms with Crippen LogP contribution in [0.2, 0.25) is 0 Å². The quantitative estimate of drug-likeness (QED) is 0.499. The summed E-state index contributed by atoms with van der Waals surface area (Å²) in [7, 11) is 3.96. The Bertz CT molecular complexity index is 129. The van der Waals surface area contributed by atoms with E-state index in [2.05, 4.69) is 34.6 Å². The molecule has 0 aromatic heterocycles. The summed E-state index contributed by atoms with van der Waals surface area (Å²) in [6, 6.07) is 0. The van der Waals surface area contributed by atoms with Crippen molar-refractivity contribution >= 4 is 33.2 Å². The van der Waals surface area contributed by atoms with E-state index in [-0.39, 0.29) is 0 Å². The van der Waals surface area contributed by atoms with Gasteiger partial charge in [-0.2, -0.15) is 0 Å². The molecule has 0 spiro atoms. The highest BCUT2D eigenvalue weighted by Crippen LogP contribution is 2.41. The lowest BCUT2D eigenvalue weighted by atomic mass is 10.1. The molecule has 0 aromatic rings. The largest absolute Gasteiger partial charge is 0.127 e. The Hall–Kier alpha value is 0.990. The zero-order chi connectivity index (χ0) is 10.5. The van der Waals surface area contributed by atoms with E-state index in [9.17, 15) is 0 Å². The van der Waals surface area contributed by atoms with Crippen molar-refractivity contribution in [2.24, 2.45) is 5.92 Å². The summed E-state index contributed by atoms with van der Waals surface area (Å²) < 4.78 is 0.351. The molecule has 0 aliphatic rings. The van der Waals surface area contributed by atoms with Crippen LogP contribution in [0.3, 0.4) is 0 Å². The summed E-state index contributed by atoms with van der Waals surface area (Å²) in [6.45, 7) is 11.3. The van der Waals surface area contributed by atoms with E-state index in [1.807, 2.05) is 21.6 Å². The van der Waals surface area contributed by atoms with Crippen LogP contribution in [0.4, 0.5) is 0 Å². The highest BCUT2D eigenvalue weighted by molar-refractivity contribution is 8.77. The van der Waals surface area contributed by atoms with Crippen LogP contribution in [0.25, 0.3) is 0 Å². The predicted octanol–water partition coefficient (Wildman–Crippen LogP) is 4.82. The van der Waals surface area contributed by atoms with E-state index in [1.165, 1.54) is 0 Å². The van der Waals surface area contributed by atoms with E-state index >= 15 is 0 Å². The molecule has 1 atom stereocenters. The Morgan fingerprint density at radius 2 is 1.77 bits per heavy atom. The summed E-state index contributed by atoms with van der Waals surface area (Å²) >= 11 is 5.77. The van der Waals surface area contributed by atoms with Crippen LogP contribution in [-0.4, -0.2) is 15.9 Å². The van der Waals surface area contributed by atoms with Gasteiger partial charge in [0.15, 0.2) is 0 Å². The first-order chi connectivity index (χ1) is 5.87. The zero-order valence-corrected chi connectivity index (χ0v) is 11.7. The molecule has 80 valence electrons. The highest BCUT2D eigenvalue weighted by Gasteiger charge is 2.18. The van der Waals surface area contributed by atoms with Crippen molar-refractivity contribution in [1.82, 2.24) is 0 Å². The molecule has 0 fully saturated rings. The van der Waals surface area contributed by atoms with E-state index < -0.39 is 0 Å². The van der Waals surface area contributed by atoms with E-state index in [1.54, 1.807) is 0 Å². The minimum atomic E-state index is 0.351. The smallest absolute Gasteiger partial charge is 0.0234 e. The summed E-state index contributed by atoms with van der Waals surface area (Å²) in [5, 5.41) is 0.696. The fourth-order valence-corrected chi connectivity index (χ4v) is 4.21. The molecule has 0 nitrogen and oxygen atoms in total. The van der Waals surface area contributed by atoms with Gasteiger partial charge in [0.1, 0.15) is 0 Å². The average Bonchev–Trinajstić information content (AvgIpc) is 1.95. The Morgan fingerprint density at radius 3 is 2.08 bits per heavy atom. The molecule has 0 heterocycles. The average molecular weight is 241 g/mol. The number of halogens is 1. The molecule has 3 heteroatoms. The summed E-state index contributed by atoms with van der Waals surface area (Å²) in [6.07, 6.45) is 1.12. The van der Waals surface area contributed by atoms with Gasteiger partial charge in [-0.15, -0.1) is 11.6 Å². The predicted molar refractivity (Wildman–Crippen MR) is 68.9 cm³/mol. The van der Waals surface area contributed by atoms with E-state index in [4.69, 9.17) is 11.6 Å². The van der Waals surface area contributed by atoms with Crippen LogP contribution in [0, 0.1) is 5.92 Å². The van der Waals surface area contributed by atoms with E-state index in [0.29, 0.717) is 10.00 Å². The Morgan fingerprint density at radius 1 is 1.23 bits per heavy atom. The minimum Gasteiger partial charge on any atom is -0.127 e. The molecule has 0 radical (unpaired) electrons. The summed E-state index contributed by atoms with van der Waals surface area (Å²) in [5.74, 6) is 1.50. The molecule has 0 unspecified atom stereocenters. The van der Waals surface area contributed by atoms with Crippen molar-refractivity contribution in [3.8, 4) is 0 Å². The van der Waals surface area contributed by atoms with Gasteiger partial charge in [0.2, 0.25) is 0 Å². The van der Waals surface area contributed by atoms with Crippen molar-refractivity contribution in [1.29, 1.82) is 0 Å². The van der Waals surface area contributed by atoms with Gasteiger partial charge in [-0.3, -0.25) is 0 Å². The fraction of sp³-hybridized carbons (Fsp3) is 1.00. The van der Waals surface area contributed by atoms with Crippen molar-refractivity contribution in [3.63, 3.8) is 0 Å². The van der Waals surface area contributed by atoms with Gasteiger partial charge < -0.3 is 0 Å². The van der Waals surface area contributed by atoms with Gasteiger partial charge in [0.05, 0.1) is 0 Å². The van der Waals surface area contributed by atoms with Gasteiger partial charge in [-0.25, -0.2) is 0 Å². The van der Waals surface area contributed by atoms with Crippen LogP contribution in [0.15, 0.2) is 0 Å². The topological polar surface area (TPSA) is 0 Å². The third-order valence-electron chi connectivity index (χ3n) is 1.56. The Balaban J connectivity index is 3.82. The van der Waals surface area contributed by atoms with Gasteiger partial charge >= 0.3 is 0 Å². The molecule has 0 bridgehead atoms. The normalized spacial score (nSPS) is 15.0. The third-order valence-corrected chi connectivity index (χ3v) is 5.93. The monoisotopic (exact) mass is 240 g/mol. The first-order valence-electron chi connectivity index (χ1n) is 4.77. The van der Waals surface area contributed by atoms with Crippen molar-refractivity contribution in [2.75, 3.05) is 5.88 Å². The molecular formula is C10H21ClS2. The highest BCUT2D eigenvalue weighted by atomic mass is 35.5. The van der Waals surface area contributed by atoms with Crippen LogP contribution in [-0.2, 0) is 0 Å². The molecule has 0 aliphatic heterocycles.